The van der Waals surface area contributed by atoms with Crippen molar-refractivity contribution >= 4 is 34.3 Å². The highest BCUT2D eigenvalue weighted by Crippen LogP contribution is 2.32. The SMILES string of the molecule is O=C(N[C@@H](c1ccccc1)c1cccc(OCc2ccc(C(=O)OCc3ccc(CNCC(O)c4ccc(O)c5[nH]c(=O)ccc45)s3)cc2)c1)OC1CN2CCC1CC2. The van der Waals surface area contributed by atoms with Crippen molar-refractivity contribution in [1.29, 1.82) is 0 Å². The molecule has 1 amide bonds. The normalized spacial score (nSPS) is 18.2. The monoisotopic (exact) mass is 814 g/mol. The second-order valence-corrected chi connectivity index (χ2v) is 16.3. The molecule has 2 aromatic heterocycles. The number of nitrogens with zero attached hydrogens (tertiary/aromatic N) is 1. The van der Waals surface area contributed by atoms with Crippen LogP contribution in [0.5, 0.6) is 11.5 Å². The molecule has 0 saturated carbocycles. The van der Waals surface area contributed by atoms with Crippen molar-refractivity contribution in [2.75, 3.05) is 26.2 Å². The number of phenols is 1. The summed E-state index contributed by atoms with van der Waals surface area (Å²) in [5.74, 6) is 0.567. The zero-order valence-corrected chi connectivity index (χ0v) is 33.2. The van der Waals surface area contributed by atoms with Gasteiger partial charge >= 0.3 is 12.1 Å². The number of nitrogens with one attached hydrogen (secondary N) is 3. The second-order valence-electron chi connectivity index (χ2n) is 15.0. The van der Waals surface area contributed by atoms with Crippen molar-refractivity contribution in [3.05, 3.63) is 163 Å². The van der Waals surface area contributed by atoms with E-state index in [9.17, 15) is 24.6 Å². The molecule has 5 heterocycles. The second kappa shape index (κ2) is 18.3. The van der Waals surface area contributed by atoms with Gasteiger partial charge in [0.1, 0.15) is 30.8 Å². The van der Waals surface area contributed by atoms with E-state index in [1.165, 1.54) is 23.5 Å². The number of hydrogen-bond donors (Lipinski definition) is 5. The molecule has 13 heteroatoms. The van der Waals surface area contributed by atoms with Crippen molar-refractivity contribution in [2.24, 2.45) is 5.92 Å². The molecule has 4 aromatic carbocycles. The first-order valence-electron chi connectivity index (χ1n) is 19.8. The summed E-state index contributed by atoms with van der Waals surface area (Å²) in [6.45, 7) is 4.09. The number of aliphatic hydroxyl groups excluding tert-OH is 1. The largest absolute Gasteiger partial charge is 0.506 e. The molecule has 3 fully saturated rings. The van der Waals surface area contributed by atoms with Gasteiger partial charge < -0.3 is 40.0 Å². The fourth-order valence-corrected chi connectivity index (χ4v) is 8.73. The summed E-state index contributed by atoms with van der Waals surface area (Å²) in [5.41, 5.74) is 3.65. The fraction of sp³-hybridized carbons (Fsp3) is 0.283. The number of aromatic nitrogens is 1. The van der Waals surface area contributed by atoms with Gasteiger partial charge in [0, 0.05) is 40.8 Å². The van der Waals surface area contributed by atoms with E-state index < -0.39 is 24.2 Å². The number of pyridine rings is 1. The number of aromatic amines is 1. The number of ether oxygens (including phenoxy) is 3. The van der Waals surface area contributed by atoms with Crippen LogP contribution >= 0.6 is 11.3 Å². The van der Waals surface area contributed by atoms with Crippen molar-refractivity contribution in [3.63, 3.8) is 0 Å². The number of H-pyrrole nitrogens is 1. The van der Waals surface area contributed by atoms with Crippen LogP contribution in [0.3, 0.4) is 0 Å². The van der Waals surface area contributed by atoms with Gasteiger partial charge in [-0.15, -0.1) is 11.3 Å². The molecular weight excluding hydrogens is 769 g/mol. The summed E-state index contributed by atoms with van der Waals surface area (Å²) in [7, 11) is 0. The quantitative estimate of drug-likeness (QED) is 0.0686. The summed E-state index contributed by atoms with van der Waals surface area (Å²) < 4.78 is 17.7. The Kier molecular flexibility index (Phi) is 12.3. The van der Waals surface area contributed by atoms with Gasteiger partial charge in [-0.3, -0.25) is 9.69 Å². The summed E-state index contributed by atoms with van der Waals surface area (Å²) in [6.07, 6.45) is 0.744. The van der Waals surface area contributed by atoms with Gasteiger partial charge in [-0.05, 0) is 103 Å². The predicted octanol–water partition coefficient (Wildman–Crippen LogP) is 6.96. The standard InChI is InChI=1S/C46H46N4O8S/c51-39-17-15-37(38-16-18-42(53)48-44(38)39)40(52)25-47-24-35-13-14-36(59-35)28-57-45(54)32-11-9-29(10-12-32)27-56-34-8-4-7-33(23-34)43(31-5-2-1-3-6-31)49-46(55)58-41-26-50-21-19-30(41)20-22-50/h1-18,23,30,40-41,43,47,51-52H,19-22,24-28H2,(H,48,53)(H,49,55)/t40?,41?,43-/m0/s1. The molecular formula is C46H46N4O8S. The molecule has 9 rings (SSSR count). The third kappa shape index (κ3) is 9.83. The average Bonchev–Trinajstić information content (AvgIpc) is 3.72. The highest BCUT2D eigenvalue weighted by atomic mass is 32.1. The van der Waals surface area contributed by atoms with Crippen molar-refractivity contribution in [2.45, 2.75) is 50.8 Å². The first-order chi connectivity index (χ1) is 28.8. The molecule has 59 heavy (non-hydrogen) atoms. The smallest absolute Gasteiger partial charge is 0.408 e. The molecule has 0 spiro atoms. The number of carbonyl (C=O) groups is 2. The van der Waals surface area contributed by atoms with E-state index in [1.807, 2.05) is 78.9 Å². The van der Waals surface area contributed by atoms with Crippen LogP contribution in [-0.4, -0.2) is 64.4 Å². The number of thiophene rings is 1. The van der Waals surface area contributed by atoms with E-state index in [-0.39, 0.29) is 42.7 Å². The van der Waals surface area contributed by atoms with E-state index in [0.717, 1.165) is 58.9 Å². The number of phenolic OH excluding ortho intramolecular Hbond substituents is 1. The number of esters is 1. The van der Waals surface area contributed by atoms with Crippen LogP contribution in [-0.2, 0) is 29.2 Å². The molecule has 12 nitrogen and oxygen atoms in total. The topological polar surface area (TPSA) is 162 Å². The number of piperidine rings is 3. The molecule has 3 saturated heterocycles. The Morgan fingerprint density at radius 2 is 1.64 bits per heavy atom. The van der Waals surface area contributed by atoms with Crippen molar-refractivity contribution in [3.8, 4) is 11.5 Å². The minimum atomic E-state index is -0.869. The lowest BCUT2D eigenvalue weighted by atomic mass is 9.86. The van der Waals surface area contributed by atoms with Gasteiger partial charge in [0.05, 0.1) is 23.2 Å². The van der Waals surface area contributed by atoms with Gasteiger partial charge in [-0.2, -0.15) is 0 Å². The number of hydrogen-bond acceptors (Lipinski definition) is 11. The van der Waals surface area contributed by atoms with Gasteiger partial charge in [-0.25, -0.2) is 9.59 Å². The van der Waals surface area contributed by atoms with Crippen LogP contribution in [0.15, 0.2) is 120 Å². The molecule has 2 bridgehead atoms. The molecule has 3 aliphatic heterocycles. The van der Waals surface area contributed by atoms with E-state index in [2.05, 4.69) is 20.5 Å². The Balaban J connectivity index is 0.806. The average molecular weight is 815 g/mol. The number of aromatic hydroxyl groups is 1. The van der Waals surface area contributed by atoms with Crippen molar-refractivity contribution in [1.82, 2.24) is 20.5 Å². The molecule has 2 unspecified atom stereocenters. The van der Waals surface area contributed by atoms with Crippen LogP contribution in [0.25, 0.3) is 10.9 Å². The van der Waals surface area contributed by atoms with Crippen LogP contribution in [0.1, 0.15) is 67.4 Å². The number of rotatable bonds is 15. The summed E-state index contributed by atoms with van der Waals surface area (Å²) >= 11 is 1.50. The molecule has 0 aliphatic carbocycles. The Morgan fingerprint density at radius 3 is 2.42 bits per heavy atom. The maximum atomic E-state index is 13.2. The number of carbonyl (C=O) groups excluding carboxylic acids is 2. The number of alkyl carbamates (subject to hydrolysis) is 1. The van der Waals surface area contributed by atoms with Gasteiger partial charge in [0.25, 0.3) is 0 Å². The Morgan fingerprint density at radius 1 is 0.864 bits per heavy atom. The highest BCUT2D eigenvalue weighted by molar-refractivity contribution is 7.11. The summed E-state index contributed by atoms with van der Waals surface area (Å²) in [5, 5.41) is 27.9. The molecule has 5 N–H and O–H groups in total. The van der Waals surface area contributed by atoms with Gasteiger partial charge in [0.2, 0.25) is 5.56 Å². The zero-order chi connectivity index (χ0) is 40.7. The maximum Gasteiger partial charge on any atom is 0.408 e. The predicted molar refractivity (Wildman–Crippen MR) is 224 cm³/mol. The van der Waals surface area contributed by atoms with E-state index in [4.69, 9.17) is 14.2 Å². The molecule has 6 aromatic rings. The van der Waals surface area contributed by atoms with Gasteiger partial charge in [-0.1, -0.05) is 60.7 Å². The lowest BCUT2D eigenvalue weighted by Crippen LogP contribution is -2.52. The maximum absolute atomic E-state index is 13.2. The first kappa shape index (κ1) is 39.8. The Bertz CT molecular complexity index is 2450. The summed E-state index contributed by atoms with van der Waals surface area (Å²) in [6, 6.07) is 34.1. The van der Waals surface area contributed by atoms with E-state index in [1.54, 1.807) is 24.3 Å². The lowest BCUT2D eigenvalue weighted by Gasteiger charge is -2.43. The van der Waals surface area contributed by atoms with Crippen LogP contribution in [0, 0.1) is 5.92 Å². The Labute approximate surface area is 345 Å². The fourth-order valence-electron chi connectivity index (χ4n) is 7.83. The number of aliphatic hydroxyl groups is 1. The number of benzene rings is 4. The molecule has 304 valence electrons. The van der Waals surface area contributed by atoms with Crippen LogP contribution in [0.2, 0.25) is 0 Å². The van der Waals surface area contributed by atoms with E-state index >= 15 is 0 Å². The van der Waals surface area contributed by atoms with E-state index in [0.29, 0.717) is 34.7 Å². The van der Waals surface area contributed by atoms with Crippen molar-refractivity contribution < 1.29 is 34.0 Å². The van der Waals surface area contributed by atoms with Crippen LogP contribution in [0.4, 0.5) is 4.79 Å². The summed E-state index contributed by atoms with van der Waals surface area (Å²) in [4.78, 5) is 44.7. The molecule has 0 radical (unpaired) electrons. The third-order valence-electron chi connectivity index (χ3n) is 11.0. The molecule has 3 aliphatic rings. The molecule has 3 atom stereocenters. The van der Waals surface area contributed by atoms with Crippen LogP contribution < -0.4 is 20.9 Å². The van der Waals surface area contributed by atoms with Gasteiger partial charge in [0.15, 0.2) is 0 Å². The number of amides is 1. The Hall–Kier alpha value is -5.99. The third-order valence-corrected chi connectivity index (χ3v) is 12.1. The number of fused-ring (bicyclic) bond motifs is 4. The first-order valence-corrected chi connectivity index (χ1v) is 20.6. The lowest BCUT2D eigenvalue weighted by molar-refractivity contribution is -0.0336. The minimum Gasteiger partial charge on any atom is -0.506 e. The minimum absolute atomic E-state index is 0.0583. The zero-order valence-electron chi connectivity index (χ0n) is 32.3. The highest BCUT2D eigenvalue weighted by Gasteiger charge is 2.37.